The second-order valence-electron chi connectivity index (χ2n) is 7.41. The second-order valence-corrected chi connectivity index (χ2v) is 7.85. The number of amides is 1. The molecule has 0 spiro atoms. The largest absolute Gasteiger partial charge is 0.496 e. The fourth-order valence-electron chi connectivity index (χ4n) is 4.05. The molecule has 1 aromatic carbocycles. The molecule has 7 heteroatoms. The van der Waals surface area contributed by atoms with Crippen molar-refractivity contribution in [3.63, 3.8) is 0 Å². The van der Waals surface area contributed by atoms with Crippen LogP contribution in [0.4, 0.5) is 0 Å². The maximum Gasteiger partial charge on any atom is 0.220 e. The molecule has 2 saturated heterocycles. The Morgan fingerprint density at radius 3 is 2.85 bits per heavy atom. The van der Waals surface area contributed by atoms with Gasteiger partial charge in [-0.25, -0.2) is 0 Å². The second kappa shape index (κ2) is 10.5. The summed E-state index contributed by atoms with van der Waals surface area (Å²) in [7, 11) is 1.67. The molecule has 1 amide bonds. The Bertz CT molecular complexity index is 615. The minimum absolute atomic E-state index is 0. The van der Waals surface area contributed by atoms with Crippen LogP contribution in [0.5, 0.6) is 5.75 Å². The Morgan fingerprint density at radius 1 is 1.41 bits per heavy atom. The quantitative estimate of drug-likeness (QED) is 0.715. The Hall–Kier alpha value is -1.01. The zero-order valence-corrected chi connectivity index (χ0v) is 17.5. The first-order valence-electron chi connectivity index (χ1n) is 9.52. The smallest absolute Gasteiger partial charge is 0.220 e. The lowest BCUT2D eigenvalue weighted by molar-refractivity contribution is -0.121. The molecule has 27 heavy (non-hydrogen) atoms. The van der Waals surface area contributed by atoms with E-state index in [2.05, 4.69) is 10.6 Å². The van der Waals surface area contributed by atoms with Gasteiger partial charge in [0.2, 0.25) is 5.91 Å². The predicted octanol–water partition coefficient (Wildman–Crippen LogP) is 3.32. The van der Waals surface area contributed by atoms with E-state index >= 15 is 0 Å². The molecule has 5 nitrogen and oxygen atoms in total. The van der Waals surface area contributed by atoms with Gasteiger partial charge in [0.1, 0.15) is 5.75 Å². The van der Waals surface area contributed by atoms with E-state index in [-0.39, 0.29) is 23.7 Å². The lowest BCUT2D eigenvalue weighted by atomic mass is 9.73. The third-order valence-corrected chi connectivity index (χ3v) is 5.98. The first kappa shape index (κ1) is 22.3. The van der Waals surface area contributed by atoms with Crippen molar-refractivity contribution in [3.8, 4) is 5.75 Å². The van der Waals surface area contributed by atoms with Crippen molar-refractivity contribution in [1.29, 1.82) is 0 Å². The number of carbonyl (C=O) groups is 1. The van der Waals surface area contributed by atoms with E-state index in [1.165, 1.54) is 6.42 Å². The number of carbonyl (C=O) groups excluding carboxylic acids is 1. The summed E-state index contributed by atoms with van der Waals surface area (Å²) >= 11 is 6.26. The summed E-state index contributed by atoms with van der Waals surface area (Å²) in [6.07, 6.45) is 4.41. The standard InChI is InChI=1S/C20H29ClN2O3.ClH/c1-25-18-4-3-16(21)12-17(18)20(7-10-26-11-8-20)14-23-19(24)5-2-15-6-9-22-13-15;/h3-4,12,15,22H,2,5-11,13-14H2,1H3,(H,23,24);1H. The number of hydrogen-bond acceptors (Lipinski definition) is 4. The van der Waals surface area contributed by atoms with Gasteiger partial charge in [-0.3, -0.25) is 4.79 Å². The minimum Gasteiger partial charge on any atom is -0.496 e. The van der Waals surface area contributed by atoms with Gasteiger partial charge < -0.3 is 20.1 Å². The zero-order valence-electron chi connectivity index (χ0n) is 15.9. The summed E-state index contributed by atoms with van der Waals surface area (Å²) in [6.45, 7) is 4.06. The maximum atomic E-state index is 12.4. The molecule has 1 aromatic rings. The number of nitrogens with one attached hydrogen (secondary N) is 2. The van der Waals surface area contributed by atoms with E-state index in [9.17, 15) is 4.79 Å². The zero-order chi connectivity index (χ0) is 18.4. The molecular weight excluding hydrogens is 387 g/mol. The van der Waals surface area contributed by atoms with Crippen LogP contribution < -0.4 is 15.4 Å². The summed E-state index contributed by atoms with van der Waals surface area (Å²) in [6, 6.07) is 5.72. The SMILES string of the molecule is COc1ccc(Cl)cc1C1(CNC(=O)CCC2CCNC2)CCOCC1.Cl. The Labute approximate surface area is 172 Å². The summed E-state index contributed by atoms with van der Waals surface area (Å²) < 4.78 is 11.2. The third-order valence-electron chi connectivity index (χ3n) is 5.75. The van der Waals surface area contributed by atoms with Crippen LogP contribution in [0.2, 0.25) is 5.02 Å². The first-order valence-corrected chi connectivity index (χ1v) is 9.90. The van der Waals surface area contributed by atoms with Gasteiger partial charge in [0.15, 0.2) is 0 Å². The molecule has 152 valence electrons. The van der Waals surface area contributed by atoms with Gasteiger partial charge >= 0.3 is 0 Å². The third kappa shape index (κ3) is 5.74. The lowest BCUT2D eigenvalue weighted by Gasteiger charge is -2.38. The van der Waals surface area contributed by atoms with Gasteiger partial charge in [-0.15, -0.1) is 12.4 Å². The fourth-order valence-corrected chi connectivity index (χ4v) is 4.22. The number of methoxy groups -OCH3 is 1. The molecule has 0 aliphatic carbocycles. The highest BCUT2D eigenvalue weighted by atomic mass is 35.5. The van der Waals surface area contributed by atoms with E-state index in [0.717, 1.165) is 43.7 Å². The van der Waals surface area contributed by atoms with Crippen molar-refractivity contribution in [3.05, 3.63) is 28.8 Å². The van der Waals surface area contributed by atoms with Crippen molar-refractivity contribution >= 4 is 29.9 Å². The highest BCUT2D eigenvalue weighted by molar-refractivity contribution is 6.30. The predicted molar refractivity (Wildman–Crippen MR) is 110 cm³/mol. The fraction of sp³-hybridized carbons (Fsp3) is 0.650. The van der Waals surface area contributed by atoms with E-state index in [4.69, 9.17) is 21.1 Å². The molecule has 0 aromatic heterocycles. The summed E-state index contributed by atoms with van der Waals surface area (Å²) in [4.78, 5) is 12.4. The van der Waals surface area contributed by atoms with Gasteiger partial charge in [0, 0.05) is 42.2 Å². The molecule has 2 aliphatic rings. The average Bonchev–Trinajstić information content (AvgIpc) is 3.19. The van der Waals surface area contributed by atoms with Crippen molar-refractivity contribution < 1.29 is 14.3 Å². The summed E-state index contributed by atoms with van der Waals surface area (Å²) in [5, 5.41) is 7.21. The molecule has 0 saturated carbocycles. The van der Waals surface area contributed by atoms with Crippen LogP contribution in [0.1, 0.15) is 37.7 Å². The molecule has 3 rings (SSSR count). The van der Waals surface area contributed by atoms with Crippen molar-refractivity contribution in [2.75, 3.05) is 40.0 Å². The first-order chi connectivity index (χ1) is 12.6. The summed E-state index contributed by atoms with van der Waals surface area (Å²) in [5.74, 6) is 1.58. The van der Waals surface area contributed by atoms with Crippen LogP contribution in [0.25, 0.3) is 0 Å². The molecule has 2 heterocycles. The van der Waals surface area contributed by atoms with Crippen molar-refractivity contribution in [2.45, 2.75) is 37.5 Å². The van der Waals surface area contributed by atoms with Crippen LogP contribution in [0.15, 0.2) is 18.2 Å². The van der Waals surface area contributed by atoms with Crippen LogP contribution in [0, 0.1) is 5.92 Å². The Kier molecular flexibility index (Phi) is 8.67. The van der Waals surface area contributed by atoms with E-state index in [1.54, 1.807) is 7.11 Å². The Balaban J connectivity index is 0.00000261. The monoisotopic (exact) mass is 416 g/mol. The highest BCUT2D eigenvalue weighted by Crippen LogP contribution is 2.40. The highest BCUT2D eigenvalue weighted by Gasteiger charge is 2.37. The maximum absolute atomic E-state index is 12.4. The van der Waals surface area contributed by atoms with E-state index in [0.29, 0.717) is 37.1 Å². The molecular formula is C20H30Cl2N2O3. The van der Waals surface area contributed by atoms with Crippen molar-refractivity contribution in [2.24, 2.45) is 5.92 Å². The molecule has 2 N–H and O–H groups in total. The number of halogens is 2. The van der Waals surface area contributed by atoms with Gasteiger partial charge in [-0.05, 0) is 62.9 Å². The summed E-state index contributed by atoms with van der Waals surface area (Å²) in [5.41, 5.74) is 0.870. The van der Waals surface area contributed by atoms with Crippen LogP contribution in [-0.4, -0.2) is 45.9 Å². The molecule has 2 aliphatic heterocycles. The Morgan fingerprint density at radius 2 is 2.19 bits per heavy atom. The number of benzene rings is 1. The van der Waals surface area contributed by atoms with E-state index < -0.39 is 0 Å². The number of rotatable bonds is 7. The van der Waals surface area contributed by atoms with E-state index in [1.807, 2.05) is 18.2 Å². The normalized spacial score (nSPS) is 21.3. The lowest BCUT2D eigenvalue weighted by Crippen LogP contribution is -2.44. The van der Waals surface area contributed by atoms with Gasteiger partial charge in [0.25, 0.3) is 0 Å². The van der Waals surface area contributed by atoms with Crippen LogP contribution in [-0.2, 0) is 14.9 Å². The molecule has 1 atom stereocenters. The molecule has 0 radical (unpaired) electrons. The topological polar surface area (TPSA) is 59.6 Å². The van der Waals surface area contributed by atoms with Crippen molar-refractivity contribution in [1.82, 2.24) is 10.6 Å². The molecule has 1 unspecified atom stereocenters. The molecule has 0 bridgehead atoms. The average molecular weight is 417 g/mol. The van der Waals surface area contributed by atoms with Crippen LogP contribution >= 0.6 is 24.0 Å². The van der Waals surface area contributed by atoms with Crippen LogP contribution in [0.3, 0.4) is 0 Å². The van der Waals surface area contributed by atoms with Gasteiger partial charge in [-0.2, -0.15) is 0 Å². The number of hydrogen-bond donors (Lipinski definition) is 2. The number of ether oxygens (including phenoxy) is 2. The minimum atomic E-state index is -0.195. The van der Waals surface area contributed by atoms with Gasteiger partial charge in [-0.1, -0.05) is 11.6 Å². The molecule has 2 fully saturated rings. The van der Waals surface area contributed by atoms with Gasteiger partial charge in [0.05, 0.1) is 7.11 Å².